The number of thioether (sulfide) groups is 2. The van der Waals surface area contributed by atoms with Gasteiger partial charge in [-0.25, -0.2) is 4.79 Å². The summed E-state index contributed by atoms with van der Waals surface area (Å²) < 4.78 is 0.417. The largest absolute Gasteiger partial charge is 0.477 e. The third-order valence-corrected chi connectivity index (χ3v) is 5.39. The maximum absolute atomic E-state index is 12.0. The van der Waals surface area contributed by atoms with Crippen molar-refractivity contribution in [1.82, 2.24) is 9.80 Å². The summed E-state index contributed by atoms with van der Waals surface area (Å²) in [5, 5.41) is 8.86. The van der Waals surface area contributed by atoms with Crippen molar-refractivity contribution in [3.8, 4) is 0 Å². The molecule has 2 amide bonds. The summed E-state index contributed by atoms with van der Waals surface area (Å²) >= 11 is 2.19. The lowest BCUT2D eigenvalue weighted by atomic mass is 10.2. The number of β-lactam (4-membered cyclic amide) rings is 1. The van der Waals surface area contributed by atoms with Crippen molar-refractivity contribution in [1.29, 1.82) is 0 Å². The molecular formula is C11H14N2O4S2. The molecule has 1 saturated heterocycles. The van der Waals surface area contributed by atoms with Gasteiger partial charge in [0.1, 0.15) is 0 Å². The first kappa shape index (κ1) is 14.3. The van der Waals surface area contributed by atoms with E-state index in [2.05, 4.69) is 0 Å². The highest BCUT2D eigenvalue weighted by Crippen LogP contribution is 2.50. The van der Waals surface area contributed by atoms with Crippen LogP contribution in [0.5, 0.6) is 0 Å². The summed E-state index contributed by atoms with van der Waals surface area (Å²) in [4.78, 5) is 37.5. The Kier molecular flexibility index (Phi) is 4.10. The van der Waals surface area contributed by atoms with E-state index in [9.17, 15) is 19.5 Å². The van der Waals surface area contributed by atoms with Crippen LogP contribution in [0.4, 0.5) is 4.79 Å². The van der Waals surface area contributed by atoms with Gasteiger partial charge < -0.3 is 10.0 Å². The number of nitrogens with zero attached hydrogens (tertiary/aromatic N) is 2. The molecule has 0 saturated carbocycles. The van der Waals surface area contributed by atoms with Gasteiger partial charge in [0.25, 0.3) is 5.24 Å². The van der Waals surface area contributed by atoms with Crippen LogP contribution in [0.25, 0.3) is 0 Å². The smallest absolute Gasteiger partial charge is 0.354 e. The second-order valence-corrected chi connectivity index (χ2v) is 6.43. The highest BCUT2D eigenvalue weighted by Gasteiger charge is 2.49. The molecule has 1 atom stereocenters. The molecule has 19 heavy (non-hydrogen) atoms. The maximum atomic E-state index is 12.0. The molecule has 2 heterocycles. The van der Waals surface area contributed by atoms with E-state index in [1.165, 1.54) is 16.7 Å². The number of amides is 2. The molecule has 0 spiro atoms. The van der Waals surface area contributed by atoms with Gasteiger partial charge in [-0.05, 0) is 25.6 Å². The lowest BCUT2D eigenvalue weighted by Crippen LogP contribution is -2.48. The van der Waals surface area contributed by atoms with E-state index in [0.717, 1.165) is 11.8 Å². The number of hydrogen-bond donors (Lipinski definition) is 1. The molecule has 2 aliphatic heterocycles. The van der Waals surface area contributed by atoms with Crippen molar-refractivity contribution in [3.63, 3.8) is 0 Å². The van der Waals surface area contributed by atoms with Gasteiger partial charge in [-0.15, -0.1) is 0 Å². The molecule has 104 valence electrons. The van der Waals surface area contributed by atoms with Crippen LogP contribution in [-0.4, -0.2) is 50.5 Å². The number of fused-ring (bicyclic) bond motifs is 1. The Balaban J connectivity index is 2.17. The number of carboxylic acids is 1. The lowest BCUT2D eigenvalue weighted by molar-refractivity contribution is -0.145. The minimum absolute atomic E-state index is 0.0447. The van der Waals surface area contributed by atoms with E-state index in [4.69, 9.17) is 0 Å². The van der Waals surface area contributed by atoms with Gasteiger partial charge in [0.2, 0.25) is 5.91 Å². The van der Waals surface area contributed by atoms with Crippen LogP contribution >= 0.6 is 23.5 Å². The van der Waals surface area contributed by atoms with E-state index < -0.39 is 5.97 Å². The molecule has 0 aliphatic carbocycles. The Labute approximate surface area is 119 Å². The fourth-order valence-electron chi connectivity index (χ4n) is 1.92. The van der Waals surface area contributed by atoms with Crippen molar-refractivity contribution in [2.24, 2.45) is 0 Å². The zero-order valence-electron chi connectivity index (χ0n) is 10.6. The summed E-state index contributed by atoms with van der Waals surface area (Å²) in [6.07, 6.45) is 0.338. The molecule has 6 nitrogen and oxygen atoms in total. The van der Waals surface area contributed by atoms with Gasteiger partial charge in [0, 0.05) is 13.1 Å². The summed E-state index contributed by atoms with van der Waals surface area (Å²) in [6, 6.07) is 0. The Morgan fingerprint density at radius 1 is 1.47 bits per heavy atom. The van der Waals surface area contributed by atoms with E-state index in [-0.39, 0.29) is 22.2 Å². The molecule has 0 aromatic carbocycles. The Morgan fingerprint density at radius 3 is 2.58 bits per heavy atom. The zero-order chi connectivity index (χ0) is 14.2. The number of hydrogen-bond acceptors (Lipinski definition) is 5. The fourth-order valence-corrected chi connectivity index (χ4v) is 4.58. The van der Waals surface area contributed by atoms with Crippen LogP contribution in [0.1, 0.15) is 20.3 Å². The average molecular weight is 302 g/mol. The van der Waals surface area contributed by atoms with Crippen molar-refractivity contribution in [2.45, 2.75) is 25.6 Å². The van der Waals surface area contributed by atoms with Crippen molar-refractivity contribution >= 4 is 40.6 Å². The van der Waals surface area contributed by atoms with E-state index in [0.29, 0.717) is 23.7 Å². The molecule has 0 radical (unpaired) electrons. The second kappa shape index (κ2) is 5.46. The van der Waals surface area contributed by atoms with Gasteiger partial charge in [-0.1, -0.05) is 11.8 Å². The molecule has 2 aliphatic rings. The van der Waals surface area contributed by atoms with Crippen molar-refractivity contribution < 1.29 is 19.5 Å². The van der Waals surface area contributed by atoms with Crippen LogP contribution < -0.4 is 0 Å². The SMILES string of the molecule is CCN(CC)C(=O)SC1=C(C(=O)O)N2C(=O)C[C@@H]2S1. The normalized spacial score (nSPS) is 21.3. The van der Waals surface area contributed by atoms with E-state index in [1.807, 2.05) is 13.8 Å². The first-order valence-electron chi connectivity index (χ1n) is 5.92. The third-order valence-electron chi connectivity index (χ3n) is 2.99. The van der Waals surface area contributed by atoms with Gasteiger partial charge in [-0.3, -0.25) is 14.5 Å². The number of rotatable bonds is 4. The molecular weight excluding hydrogens is 288 g/mol. The predicted octanol–water partition coefficient (Wildman–Crippen LogP) is 1.74. The molecule has 1 N–H and O–H groups in total. The van der Waals surface area contributed by atoms with Gasteiger partial charge in [0.15, 0.2) is 5.70 Å². The Hall–Kier alpha value is -1.15. The predicted molar refractivity (Wildman–Crippen MR) is 73.4 cm³/mol. The quantitative estimate of drug-likeness (QED) is 0.797. The van der Waals surface area contributed by atoms with E-state index >= 15 is 0 Å². The highest BCUT2D eigenvalue weighted by molar-refractivity contribution is 8.29. The average Bonchev–Trinajstić information content (AvgIpc) is 2.63. The van der Waals surface area contributed by atoms with Crippen LogP contribution in [0.3, 0.4) is 0 Å². The van der Waals surface area contributed by atoms with Gasteiger partial charge in [-0.2, -0.15) is 0 Å². The van der Waals surface area contributed by atoms with Crippen LogP contribution in [0.2, 0.25) is 0 Å². The molecule has 0 bridgehead atoms. The summed E-state index contributed by atoms with van der Waals surface area (Å²) in [6.45, 7) is 4.89. The summed E-state index contributed by atoms with van der Waals surface area (Å²) in [5.74, 6) is -1.35. The van der Waals surface area contributed by atoms with Crippen LogP contribution in [0, 0.1) is 0 Å². The van der Waals surface area contributed by atoms with E-state index in [1.54, 1.807) is 4.90 Å². The molecule has 0 unspecified atom stereocenters. The number of carbonyl (C=O) groups is 3. The monoisotopic (exact) mass is 302 g/mol. The molecule has 0 aromatic rings. The summed E-state index contributed by atoms with van der Waals surface area (Å²) in [5.41, 5.74) is -0.0447. The van der Waals surface area contributed by atoms with Crippen LogP contribution in [0.15, 0.2) is 9.93 Å². The second-order valence-electron chi connectivity index (χ2n) is 4.02. The summed E-state index contributed by atoms with van der Waals surface area (Å²) in [7, 11) is 0. The van der Waals surface area contributed by atoms with Gasteiger partial charge in [0.05, 0.1) is 16.0 Å². The van der Waals surface area contributed by atoms with Crippen molar-refractivity contribution in [3.05, 3.63) is 9.93 Å². The Morgan fingerprint density at radius 2 is 2.11 bits per heavy atom. The minimum atomic E-state index is -1.15. The first-order valence-corrected chi connectivity index (χ1v) is 7.62. The number of aliphatic carboxylic acids is 1. The highest BCUT2D eigenvalue weighted by atomic mass is 32.2. The minimum Gasteiger partial charge on any atom is -0.477 e. The van der Waals surface area contributed by atoms with Crippen LogP contribution in [-0.2, 0) is 9.59 Å². The number of carbonyl (C=O) groups excluding carboxylic acids is 2. The third kappa shape index (κ3) is 2.46. The molecule has 0 aromatic heterocycles. The standard InChI is InChI=1S/C11H14N2O4S2/c1-3-12(4-2)11(17)19-10-8(9(15)16)13-6(14)5-7(13)18-10/h7H,3-5H2,1-2H3,(H,15,16)/t7-/m0/s1. The zero-order valence-corrected chi connectivity index (χ0v) is 12.2. The molecule has 1 fully saturated rings. The van der Waals surface area contributed by atoms with Crippen molar-refractivity contribution in [2.75, 3.05) is 13.1 Å². The molecule has 2 rings (SSSR count). The van der Waals surface area contributed by atoms with Gasteiger partial charge >= 0.3 is 5.97 Å². The fraction of sp³-hybridized carbons (Fsp3) is 0.545. The first-order chi connectivity index (χ1) is 8.99. The topological polar surface area (TPSA) is 77.9 Å². The lowest BCUT2D eigenvalue weighted by Gasteiger charge is -2.33. The molecule has 8 heteroatoms. The number of carboxylic acid groups (broad SMARTS) is 1. The Bertz CT molecular complexity index is 473. The maximum Gasteiger partial charge on any atom is 0.354 e.